The van der Waals surface area contributed by atoms with Crippen molar-refractivity contribution in [2.45, 2.75) is 13.5 Å². The predicted molar refractivity (Wildman–Crippen MR) is 97.0 cm³/mol. The van der Waals surface area contributed by atoms with Gasteiger partial charge in [-0.1, -0.05) is 28.1 Å². The molecule has 3 rings (SSSR count). The summed E-state index contributed by atoms with van der Waals surface area (Å²) >= 11 is 4.69. The zero-order chi connectivity index (χ0) is 17.3. The zero-order valence-corrected chi connectivity index (χ0v) is 15.2. The van der Waals surface area contributed by atoms with E-state index in [1.165, 1.54) is 15.9 Å². The molecule has 0 aliphatic rings. The molecule has 2 aromatic heterocycles. The Morgan fingerprint density at radius 2 is 2.17 bits per heavy atom. The highest BCUT2D eigenvalue weighted by Crippen LogP contribution is 2.30. The van der Waals surface area contributed by atoms with Crippen LogP contribution in [-0.4, -0.2) is 22.2 Å². The molecule has 2 heterocycles. The van der Waals surface area contributed by atoms with Crippen molar-refractivity contribution in [3.8, 4) is 5.75 Å². The van der Waals surface area contributed by atoms with Crippen LogP contribution in [0.3, 0.4) is 0 Å². The molecular formula is C17H14BrNO4S. The van der Waals surface area contributed by atoms with Gasteiger partial charge in [-0.05, 0) is 36.1 Å². The zero-order valence-electron chi connectivity index (χ0n) is 12.8. The lowest BCUT2D eigenvalue weighted by atomic mass is 10.2. The molecule has 24 heavy (non-hydrogen) atoms. The van der Waals surface area contributed by atoms with E-state index in [0.717, 1.165) is 10.0 Å². The quantitative estimate of drug-likeness (QED) is 0.668. The number of hydrogen-bond acceptors (Lipinski definition) is 5. The Kier molecular flexibility index (Phi) is 4.73. The van der Waals surface area contributed by atoms with Crippen LogP contribution in [0, 0.1) is 0 Å². The molecule has 0 spiro atoms. The lowest BCUT2D eigenvalue weighted by Crippen LogP contribution is -2.23. The molecule has 1 N–H and O–H groups in total. The van der Waals surface area contributed by atoms with E-state index in [1.54, 1.807) is 18.4 Å². The van der Waals surface area contributed by atoms with Crippen molar-refractivity contribution in [1.82, 2.24) is 4.57 Å². The number of carbonyl (C=O) groups is 1. The number of aromatic hydroxyl groups is 1. The summed E-state index contributed by atoms with van der Waals surface area (Å²) in [6.07, 6.45) is 0. The van der Waals surface area contributed by atoms with Crippen molar-refractivity contribution >= 4 is 43.5 Å². The van der Waals surface area contributed by atoms with Crippen molar-refractivity contribution in [3.63, 3.8) is 0 Å². The van der Waals surface area contributed by atoms with Crippen LogP contribution in [0.4, 0.5) is 0 Å². The van der Waals surface area contributed by atoms with Gasteiger partial charge in [0, 0.05) is 4.47 Å². The topological polar surface area (TPSA) is 68.5 Å². The second kappa shape index (κ2) is 6.78. The molecule has 0 amide bonds. The van der Waals surface area contributed by atoms with E-state index in [1.807, 2.05) is 24.3 Å². The summed E-state index contributed by atoms with van der Waals surface area (Å²) in [4.78, 5) is 24.7. The SMILES string of the molecule is CCOC(=O)c1c(O)c(=O)n(Cc2cccc(Br)c2)c2ccsc12. The number of thiophene rings is 1. The molecule has 0 saturated carbocycles. The fraction of sp³-hybridized carbons (Fsp3) is 0.176. The van der Waals surface area contributed by atoms with Crippen molar-refractivity contribution < 1.29 is 14.6 Å². The number of halogens is 1. The van der Waals surface area contributed by atoms with Crippen LogP contribution in [-0.2, 0) is 11.3 Å². The van der Waals surface area contributed by atoms with Gasteiger partial charge in [0.05, 0.1) is 23.4 Å². The van der Waals surface area contributed by atoms with Crippen molar-refractivity contribution in [2.75, 3.05) is 6.61 Å². The summed E-state index contributed by atoms with van der Waals surface area (Å²) in [5.41, 5.74) is 0.842. The van der Waals surface area contributed by atoms with E-state index in [9.17, 15) is 14.7 Å². The molecule has 0 aliphatic carbocycles. The molecule has 0 unspecified atom stereocenters. The Hall–Kier alpha value is -2.12. The Labute approximate surface area is 150 Å². The van der Waals surface area contributed by atoms with Crippen LogP contribution >= 0.6 is 27.3 Å². The predicted octanol–water partition coefficient (Wildman–Crippen LogP) is 3.76. The highest BCUT2D eigenvalue weighted by Gasteiger charge is 2.23. The molecule has 7 heteroatoms. The molecule has 0 atom stereocenters. The monoisotopic (exact) mass is 407 g/mol. The first-order valence-electron chi connectivity index (χ1n) is 7.27. The Balaban J connectivity index is 2.19. The van der Waals surface area contributed by atoms with Gasteiger partial charge in [0.25, 0.3) is 5.56 Å². The number of aromatic nitrogens is 1. The minimum Gasteiger partial charge on any atom is -0.502 e. The molecule has 124 valence electrons. The van der Waals surface area contributed by atoms with Gasteiger partial charge in [-0.3, -0.25) is 9.36 Å². The summed E-state index contributed by atoms with van der Waals surface area (Å²) in [6.45, 7) is 2.14. The number of hydrogen-bond donors (Lipinski definition) is 1. The minimum atomic E-state index is -0.686. The second-order valence-corrected chi connectivity index (χ2v) is 6.93. The maximum atomic E-state index is 12.6. The highest BCUT2D eigenvalue weighted by atomic mass is 79.9. The smallest absolute Gasteiger partial charge is 0.343 e. The number of fused-ring (bicyclic) bond motifs is 1. The van der Waals surface area contributed by atoms with Gasteiger partial charge in [0.1, 0.15) is 5.56 Å². The van der Waals surface area contributed by atoms with Crippen LogP contribution in [0.25, 0.3) is 10.2 Å². The van der Waals surface area contributed by atoms with Gasteiger partial charge >= 0.3 is 5.97 Å². The first-order valence-corrected chi connectivity index (χ1v) is 8.94. The van der Waals surface area contributed by atoms with E-state index in [2.05, 4.69) is 15.9 Å². The number of benzene rings is 1. The van der Waals surface area contributed by atoms with Gasteiger partial charge in [-0.2, -0.15) is 0 Å². The minimum absolute atomic E-state index is 0.0580. The molecule has 3 aromatic rings. The third kappa shape index (κ3) is 2.97. The molecule has 0 aliphatic heterocycles. The van der Waals surface area contributed by atoms with Crippen LogP contribution < -0.4 is 5.56 Å². The van der Waals surface area contributed by atoms with Crippen LogP contribution in [0.5, 0.6) is 5.75 Å². The summed E-state index contributed by atoms with van der Waals surface area (Å²) in [5.74, 6) is -1.26. The largest absolute Gasteiger partial charge is 0.502 e. The second-order valence-electron chi connectivity index (χ2n) is 5.10. The fourth-order valence-corrected chi connectivity index (χ4v) is 3.90. The molecule has 1 aromatic carbocycles. The molecule has 5 nitrogen and oxygen atoms in total. The maximum Gasteiger partial charge on any atom is 0.343 e. The summed E-state index contributed by atoms with van der Waals surface area (Å²) in [7, 11) is 0. The number of ether oxygens (including phenoxy) is 1. The lowest BCUT2D eigenvalue weighted by molar-refractivity contribution is 0.0525. The van der Waals surface area contributed by atoms with Gasteiger partial charge in [0.15, 0.2) is 5.75 Å². The van der Waals surface area contributed by atoms with Crippen molar-refractivity contribution in [1.29, 1.82) is 0 Å². The number of pyridine rings is 1. The van der Waals surface area contributed by atoms with Crippen LogP contribution in [0.15, 0.2) is 45.0 Å². The van der Waals surface area contributed by atoms with Gasteiger partial charge in [0.2, 0.25) is 0 Å². The standard InChI is InChI=1S/C17H14BrNO4S/c1-2-23-17(22)13-14(20)16(21)19(12-6-7-24-15(12)13)9-10-4-3-5-11(18)8-10/h3-8,20H,2,9H2,1H3. The first-order chi connectivity index (χ1) is 11.5. The summed E-state index contributed by atoms with van der Waals surface area (Å²) in [5, 5.41) is 12.1. The average molecular weight is 408 g/mol. The number of esters is 1. The average Bonchev–Trinajstić information content (AvgIpc) is 3.01. The van der Waals surface area contributed by atoms with E-state index in [4.69, 9.17) is 4.74 Å². The lowest BCUT2D eigenvalue weighted by Gasteiger charge is -2.12. The normalized spacial score (nSPS) is 10.9. The molecule has 0 saturated heterocycles. The van der Waals surface area contributed by atoms with Gasteiger partial charge < -0.3 is 9.84 Å². The number of nitrogens with zero attached hydrogens (tertiary/aromatic N) is 1. The first kappa shape index (κ1) is 16.7. The van der Waals surface area contributed by atoms with Gasteiger partial charge in [-0.15, -0.1) is 11.3 Å². The van der Waals surface area contributed by atoms with Crippen LogP contribution in [0.1, 0.15) is 22.8 Å². The van der Waals surface area contributed by atoms with E-state index >= 15 is 0 Å². The van der Waals surface area contributed by atoms with Crippen LogP contribution in [0.2, 0.25) is 0 Å². The number of rotatable bonds is 4. The Morgan fingerprint density at radius 1 is 1.38 bits per heavy atom. The molecule has 0 bridgehead atoms. The maximum absolute atomic E-state index is 12.6. The number of carbonyl (C=O) groups excluding carboxylic acids is 1. The molecule has 0 radical (unpaired) electrons. The third-order valence-electron chi connectivity index (χ3n) is 3.56. The highest BCUT2D eigenvalue weighted by molar-refractivity contribution is 9.10. The molecule has 0 fully saturated rings. The Bertz CT molecular complexity index is 976. The fourth-order valence-electron chi connectivity index (χ4n) is 2.52. The van der Waals surface area contributed by atoms with E-state index in [0.29, 0.717) is 16.8 Å². The third-order valence-corrected chi connectivity index (χ3v) is 4.97. The molecular weight excluding hydrogens is 394 g/mol. The summed E-state index contributed by atoms with van der Waals surface area (Å²) < 4.78 is 7.88. The van der Waals surface area contributed by atoms with Crippen molar-refractivity contribution in [3.05, 3.63) is 61.7 Å². The van der Waals surface area contributed by atoms with E-state index < -0.39 is 17.3 Å². The van der Waals surface area contributed by atoms with E-state index in [-0.39, 0.29) is 12.2 Å². The summed E-state index contributed by atoms with van der Waals surface area (Å²) in [6, 6.07) is 9.34. The Morgan fingerprint density at radius 3 is 2.88 bits per heavy atom. The van der Waals surface area contributed by atoms with Crippen molar-refractivity contribution in [2.24, 2.45) is 0 Å². The van der Waals surface area contributed by atoms with Gasteiger partial charge in [-0.25, -0.2) is 4.79 Å².